The van der Waals surface area contributed by atoms with E-state index in [2.05, 4.69) is 71.6 Å². The summed E-state index contributed by atoms with van der Waals surface area (Å²) in [5.41, 5.74) is 3.74. The van der Waals surface area contributed by atoms with Gasteiger partial charge >= 0.3 is 0 Å². The minimum atomic E-state index is 0.810. The van der Waals surface area contributed by atoms with E-state index in [1.54, 1.807) is 0 Å². The van der Waals surface area contributed by atoms with E-state index in [4.69, 9.17) is 5.10 Å². The van der Waals surface area contributed by atoms with Crippen molar-refractivity contribution < 1.29 is 0 Å². The third-order valence-electron chi connectivity index (χ3n) is 4.06. The lowest BCUT2D eigenvalue weighted by atomic mass is 10.1. The average Bonchev–Trinajstić information content (AvgIpc) is 2.58. The highest BCUT2D eigenvalue weighted by atomic mass is 15.5. The van der Waals surface area contributed by atoms with Crippen molar-refractivity contribution in [1.29, 1.82) is 0 Å². The molecule has 0 radical (unpaired) electrons. The van der Waals surface area contributed by atoms with Gasteiger partial charge in [0.1, 0.15) is 0 Å². The largest absolute Gasteiger partial charge is 0.306 e. The number of hydrogen-bond acceptors (Lipinski definition) is 3. The van der Waals surface area contributed by atoms with Gasteiger partial charge in [-0.3, -0.25) is 5.01 Å². The van der Waals surface area contributed by atoms with Crippen LogP contribution in [0.3, 0.4) is 0 Å². The molecule has 0 N–H and O–H groups in total. The average molecular weight is 293 g/mol. The smallest absolute Gasteiger partial charge is 0.0666 e. The van der Waals surface area contributed by atoms with Gasteiger partial charge in [-0.15, -0.1) is 0 Å². The summed E-state index contributed by atoms with van der Waals surface area (Å²) in [7, 11) is 2.18. The maximum Gasteiger partial charge on any atom is 0.0666 e. The summed E-state index contributed by atoms with van der Waals surface area (Å²) in [4.78, 5) is 2.36. The van der Waals surface area contributed by atoms with Crippen LogP contribution in [0.15, 0.2) is 65.8 Å². The minimum Gasteiger partial charge on any atom is -0.306 e. The molecular weight excluding hydrogens is 270 g/mol. The van der Waals surface area contributed by atoms with Crippen LogP contribution in [0.25, 0.3) is 0 Å². The van der Waals surface area contributed by atoms with Crippen molar-refractivity contribution in [2.24, 2.45) is 5.10 Å². The Bertz CT molecular complexity index is 597. The zero-order chi connectivity index (χ0) is 15.2. The van der Waals surface area contributed by atoms with Gasteiger partial charge in [-0.1, -0.05) is 48.5 Å². The molecule has 1 heterocycles. The van der Waals surface area contributed by atoms with Crippen LogP contribution in [0.4, 0.5) is 5.69 Å². The van der Waals surface area contributed by atoms with E-state index in [9.17, 15) is 0 Å². The summed E-state index contributed by atoms with van der Waals surface area (Å²) in [6.07, 6.45) is 2.13. The first-order chi connectivity index (χ1) is 10.8. The van der Waals surface area contributed by atoms with Crippen LogP contribution in [0, 0.1) is 0 Å². The molecule has 0 bridgehead atoms. The van der Waals surface area contributed by atoms with Gasteiger partial charge in [0.15, 0.2) is 0 Å². The predicted octanol–water partition coefficient (Wildman–Crippen LogP) is 3.77. The van der Waals surface area contributed by atoms with E-state index in [-0.39, 0.29) is 0 Å². The molecule has 0 spiro atoms. The lowest BCUT2D eigenvalue weighted by Crippen LogP contribution is -2.32. The number of piperidine rings is 1. The van der Waals surface area contributed by atoms with E-state index >= 15 is 0 Å². The molecule has 2 aromatic rings. The molecule has 3 rings (SSSR count). The first-order valence-electron chi connectivity index (χ1n) is 7.93. The van der Waals surface area contributed by atoms with Gasteiger partial charge in [0.25, 0.3) is 0 Å². The molecule has 0 aliphatic carbocycles. The summed E-state index contributed by atoms with van der Waals surface area (Å²) in [5.74, 6) is 0. The highest BCUT2D eigenvalue weighted by molar-refractivity contribution is 5.86. The number of anilines is 1. The predicted molar refractivity (Wildman–Crippen MR) is 93.2 cm³/mol. The van der Waals surface area contributed by atoms with Crippen LogP contribution >= 0.6 is 0 Å². The molecule has 0 saturated carbocycles. The molecule has 1 aliphatic rings. The lowest BCUT2D eigenvalue weighted by molar-refractivity contribution is 0.335. The Balaban J connectivity index is 1.82. The fourth-order valence-electron chi connectivity index (χ4n) is 2.69. The Labute approximate surface area is 132 Å². The third kappa shape index (κ3) is 3.95. The van der Waals surface area contributed by atoms with Gasteiger partial charge in [0.05, 0.1) is 12.2 Å². The standard InChI is InChI=1S/C19H23N3/c1-21-14-12-18(13-15-21)20-22(19-10-6-3-7-11-19)16-17-8-4-2-5-9-17/h2-11H,12-16H2,1H3. The summed E-state index contributed by atoms with van der Waals surface area (Å²) in [6, 6.07) is 21.0. The zero-order valence-electron chi connectivity index (χ0n) is 13.2. The van der Waals surface area contributed by atoms with Crippen molar-refractivity contribution in [3.63, 3.8) is 0 Å². The second-order valence-corrected chi connectivity index (χ2v) is 5.85. The molecule has 0 amide bonds. The van der Waals surface area contributed by atoms with Crippen molar-refractivity contribution in [1.82, 2.24) is 4.90 Å². The maximum atomic E-state index is 4.96. The SMILES string of the molecule is CN1CCC(=NN(Cc2ccccc2)c2ccccc2)CC1. The van der Waals surface area contributed by atoms with Gasteiger partial charge in [0, 0.05) is 31.6 Å². The Kier molecular flexibility index (Phi) is 4.86. The molecule has 0 unspecified atom stereocenters. The first-order valence-corrected chi connectivity index (χ1v) is 7.93. The van der Waals surface area contributed by atoms with E-state index < -0.39 is 0 Å². The Morgan fingerprint density at radius 1 is 0.909 bits per heavy atom. The van der Waals surface area contributed by atoms with Gasteiger partial charge in [-0.05, 0) is 24.7 Å². The van der Waals surface area contributed by atoms with Crippen molar-refractivity contribution in [2.75, 3.05) is 25.1 Å². The minimum absolute atomic E-state index is 0.810. The second kappa shape index (κ2) is 7.23. The zero-order valence-corrected chi connectivity index (χ0v) is 13.2. The van der Waals surface area contributed by atoms with Crippen LogP contribution in [0.2, 0.25) is 0 Å². The maximum absolute atomic E-state index is 4.96. The van der Waals surface area contributed by atoms with Gasteiger partial charge in [-0.25, -0.2) is 0 Å². The van der Waals surface area contributed by atoms with E-state index in [0.29, 0.717) is 0 Å². The van der Waals surface area contributed by atoms with Crippen LogP contribution < -0.4 is 5.01 Å². The fraction of sp³-hybridized carbons (Fsp3) is 0.316. The van der Waals surface area contributed by atoms with Crippen LogP contribution in [-0.4, -0.2) is 30.7 Å². The number of benzene rings is 2. The van der Waals surface area contributed by atoms with Gasteiger partial charge in [-0.2, -0.15) is 5.10 Å². The van der Waals surface area contributed by atoms with Gasteiger partial charge < -0.3 is 4.90 Å². The Morgan fingerprint density at radius 2 is 1.50 bits per heavy atom. The number of hydrogen-bond donors (Lipinski definition) is 0. The number of hydrazone groups is 1. The van der Waals surface area contributed by atoms with E-state index in [1.165, 1.54) is 11.3 Å². The quantitative estimate of drug-likeness (QED) is 0.799. The Hall–Kier alpha value is -2.13. The van der Waals surface area contributed by atoms with E-state index in [1.807, 2.05) is 6.07 Å². The molecule has 3 heteroatoms. The monoisotopic (exact) mass is 293 g/mol. The molecule has 1 saturated heterocycles. The van der Waals surface area contributed by atoms with Crippen LogP contribution in [-0.2, 0) is 6.54 Å². The fourth-order valence-corrected chi connectivity index (χ4v) is 2.69. The first kappa shape index (κ1) is 14.8. The van der Waals surface area contributed by atoms with E-state index in [0.717, 1.165) is 38.2 Å². The third-order valence-corrected chi connectivity index (χ3v) is 4.06. The molecule has 2 aromatic carbocycles. The number of nitrogens with zero attached hydrogens (tertiary/aromatic N) is 3. The second-order valence-electron chi connectivity index (χ2n) is 5.85. The number of likely N-dealkylation sites (tertiary alicyclic amines) is 1. The topological polar surface area (TPSA) is 18.8 Å². The number of para-hydroxylation sites is 1. The molecule has 0 atom stereocenters. The summed E-state index contributed by atoms with van der Waals surface area (Å²) in [6.45, 7) is 3.02. The van der Waals surface area contributed by atoms with Gasteiger partial charge in [0.2, 0.25) is 0 Å². The van der Waals surface area contributed by atoms with Crippen molar-refractivity contribution in [2.45, 2.75) is 19.4 Å². The highest BCUT2D eigenvalue weighted by Gasteiger charge is 2.14. The summed E-state index contributed by atoms with van der Waals surface area (Å²) in [5, 5.41) is 7.09. The summed E-state index contributed by atoms with van der Waals surface area (Å²) >= 11 is 0. The van der Waals surface area contributed by atoms with Crippen molar-refractivity contribution in [3.8, 4) is 0 Å². The van der Waals surface area contributed by atoms with Crippen molar-refractivity contribution >= 4 is 11.4 Å². The molecular formula is C19H23N3. The lowest BCUT2D eigenvalue weighted by Gasteiger charge is -2.26. The summed E-state index contributed by atoms with van der Waals surface area (Å²) < 4.78 is 0. The highest BCUT2D eigenvalue weighted by Crippen LogP contribution is 2.19. The number of rotatable bonds is 4. The van der Waals surface area contributed by atoms with Crippen LogP contribution in [0.5, 0.6) is 0 Å². The van der Waals surface area contributed by atoms with Crippen molar-refractivity contribution in [3.05, 3.63) is 66.2 Å². The molecule has 0 aromatic heterocycles. The molecule has 22 heavy (non-hydrogen) atoms. The van der Waals surface area contributed by atoms with Crippen LogP contribution in [0.1, 0.15) is 18.4 Å². The Morgan fingerprint density at radius 3 is 2.14 bits per heavy atom. The molecule has 1 fully saturated rings. The normalized spacial score (nSPS) is 15.6. The molecule has 1 aliphatic heterocycles. The molecule has 114 valence electrons. The molecule has 3 nitrogen and oxygen atoms in total.